The number of hydrogen-bond acceptors (Lipinski definition) is 28. The summed E-state index contributed by atoms with van der Waals surface area (Å²) in [5.41, 5.74) is -6.88. The fourth-order valence-corrected chi connectivity index (χ4v) is 23.0. The second-order valence-corrected chi connectivity index (χ2v) is 49.3. The number of rotatable bonds is 26. The van der Waals surface area contributed by atoms with Gasteiger partial charge in [0.1, 0.15) is 39.8 Å². The number of likely N-dealkylation sites (tertiary alicyclic amines) is 1. The van der Waals surface area contributed by atoms with E-state index in [1.165, 1.54) is 87.0 Å². The van der Waals surface area contributed by atoms with Gasteiger partial charge in [0, 0.05) is 91.2 Å². The van der Waals surface area contributed by atoms with Crippen molar-refractivity contribution in [2.45, 2.75) is 293 Å². The molecule has 6 fully saturated rings. The molecule has 14 heterocycles. The molecule has 9 aromatic rings. The minimum absolute atomic E-state index is 0.0499. The Morgan fingerprint density at radius 2 is 0.919 bits per heavy atom. The SMILES string of the molecule is CC(C)C(CC[C@@H]1CN(C(=O)OC(C)(C)C)C(C)(C)C1)Nc1cccc(S(=O)(=O)NC(=O)c2ccc(-n3ccc(OCCC4(C(F)(F)F)CC4)n3)nc2Cl)n1.CC(C)C1CC[C@@H]2CN(c3nc(-n4ccc(OCCC5(C(F)(F)F)CC5)n4)ccc3C(=O)NS(=O)(=O)c3cccc(n3)N1)C(C)(C)C2.CC(C)C1CC[C@@H]2CN(c3nc(-n4ccc(OCCC5(C(F)(F)F)CC5)n4)ccc3C(=O)NS(=O)(=O)c3cccc(n3)N1)C(C)(C)C2. The maximum absolute atomic E-state index is 13.7. The van der Waals surface area contributed by atoms with Crippen LogP contribution < -0.4 is 54.1 Å². The number of alkyl halides is 9. The second-order valence-electron chi connectivity index (χ2n) is 44.1. The highest BCUT2D eigenvalue weighted by Gasteiger charge is 2.65. The van der Waals surface area contributed by atoms with E-state index in [4.69, 9.17) is 40.5 Å². The first-order chi connectivity index (χ1) is 69.6. The normalized spacial score (nSPS) is 21.5. The lowest BCUT2D eigenvalue weighted by Gasteiger charge is -2.34. The van der Waals surface area contributed by atoms with Gasteiger partial charge in [0.2, 0.25) is 17.6 Å². The molecule has 0 radical (unpaired) electrons. The summed E-state index contributed by atoms with van der Waals surface area (Å²) in [4.78, 5) is 86.0. The zero-order valence-electron chi connectivity index (χ0n) is 85.7. The number of halogens is 10. The fraction of sp³-hybridized carbons (Fsp3) is 0.574. The van der Waals surface area contributed by atoms with Gasteiger partial charge >= 0.3 is 24.6 Å². The van der Waals surface area contributed by atoms with Crippen LogP contribution in [0.5, 0.6) is 17.6 Å². The molecule has 8 bridgehead atoms. The predicted molar refractivity (Wildman–Crippen MR) is 538 cm³/mol. The summed E-state index contributed by atoms with van der Waals surface area (Å²) in [6.07, 6.45) is -0.868. The highest BCUT2D eigenvalue weighted by atomic mass is 35.5. The van der Waals surface area contributed by atoms with E-state index >= 15 is 0 Å². The standard InChI is InChI=1S/C37H49ClF3N7O6S.2C32H40F3N7O4S/c1-23(2)26(13-11-24-21-35(6,7)47(22-24)33(50)54-34(3,4)5)42-27-9-8-10-30(43-27)55(51,52)46-32(49)25-12-14-28(44-31(25)38)48-19-15-29(45-48)53-20-18-36(16-17-36)37(39,40)41;2*1-20(2)23-10-8-21-18-30(3,4)41(19-21)28-22(29(43)40-47(44,45)27-7-5-6-24(36-23)37-27)9-11-25(38-28)42-16-12-26(39-42)46-17-15-31(13-14-31)32(33,34)35/h8-10,12,14-15,19,23-24,26H,11,13,16-18,20-22H2,1-7H3,(H,42,43)(H,46,49);2*5-7,9,11-12,16,20-21,23H,8,10,13-15,17-19H2,1-4H3,(H,36,37)(H,40,43)/t24-,26?;2*21-,23?/m000/s1. The molecule has 3 saturated carbocycles. The Hall–Kier alpha value is -11.9. The molecule has 0 aromatic carbocycles. The van der Waals surface area contributed by atoms with E-state index in [0.29, 0.717) is 60.4 Å². The minimum Gasteiger partial charge on any atom is -0.477 e. The first-order valence-corrected chi connectivity index (χ1v) is 54.9. The van der Waals surface area contributed by atoms with Gasteiger partial charge in [0.05, 0.1) is 52.8 Å². The molecule has 9 aromatic heterocycles. The number of amides is 4. The number of carbonyl (C=O) groups excluding carboxylic acids is 4. The Labute approximate surface area is 865 Å². The van der Waals surface area contributed by atoms with Crippen LogP contribution in [0.15, 0.2) is 143 Å². The zero-order valence-corrected chi connectivity index (χ0v) is 88.9. The molecule has 3 unspecified atom stereocenters. The summed E-state index contributed by atoms with van der Waals surface area (Å²) < 4.78 is 232. The topological polar surface area (TPSA) is 420 Å². The molecule has 149 heavy (non-hydrogen) atoms. The molecule has 0 spiro atoms. The van der Waals surface area contributed by atoms with E-state index in [9.17, 15) is 83.9 Å². The Morgan fingerprint density at radius 3 is 1.31 bits per heavy atom. The van der Waals surface area contributed by atoms with Crippen molar-refractivity contribution < 1.29 is 103 Å². The van der Waals surface area contributed by atoms with Crippen molar-refractivity contribution in [1.29, 1.82) is 0 Å². The van der Waals surface area contributed by atoms with Crippen molar-refractivity contribution >= 4 is 94.6 Å². The Bertz CT molecular complexity index is 6490. The quantitative estimate of drug-likeness (QED) is 0.0217. The van der Waals surface area contributed by atoms with Crippen molar-refractivity contribution in [2.24, 2.45) is 51.8 Å². The third-order valence-electron chi connectivity index (χ3n) is 29.3. The van der Waals surface area contributed by atoms with Gasteiger partial charge in [0.25, 0.3) is 47.8 Å². The second kappa shape index (κ2) is 42.7. The molecule has 35 nitrogen and oxygen atoms in total. The van der Waals surface area contributed by atoms with Crippen LogP contribution in [0.2, 0.25) is 5.15 Å². The van der Waals surface area contributed by atoms with Crippen LogP contribution in [0, 0.1) is 51.8 Å². The lowest BCUT2D eigenvalue weighted by molar-refractivity contribution is -0.190. The van der Waals surface area contributed by atoms with E-state index in [1.807, 2.05) is 49.1 Å². The van der Waals surface area contributed by atoms with Crippen molar-refractivity contribution in [1.82, 2.24) is 78.3 Å². The minimum atomic E-state index is -4.44. The number of nitrogens with one attached hydrogen (secondary N) is 6. The number of carbonyl (C=O) groups is 4. The monoisotopic (exact) mass is 2160 g/mol. The molecule has 3 aliphatic carbocycles. The zero-order chi connectivity index (χ0) is 108. The maximum Gasteiger partial charge on any atom is 0.410 e. The fourth-order valence-electron chi connectivity index (χ4n) is 20.0. The van der Waals surface area contributed by atoms with E-state index in [-0.39, 0.29) is 203 Å². The number of fused-ring (bicyclic) bond motifs is 12. The lowest BCUT2D eigenvalue weighted by Crippen LogP contribution is -2.45. The molecular weight excluding hydrogens is 2030 g/mol. The van der Waals surface area contributed by atoms with Crippen molar-refractivity contribution in [3.63, 3.8) is 0 Å². The van der Waals surface area contributed by atoms with Crippen LogP contribution in [0.4, 0.5) is 73.4 Å². The van der Waals surface area contributed by atoms with Gasteiger partial charge in [-0.05, 0) is 286 Å². The maximum atomic E-state index is 13.7. The van der Waals surface area contributed by atoms with Crippen LogP contribution in [-0.2, 0) is 34.8 Å². The number of hydrogen-bond donors (Lipinski definition) is 6. The van der Waals surface area contributed by atoms with E-state index < -0.39 is 99.2 Å². The van der Waals surface area contributed by atoms with Gasteiger partial charge in [-0.15, -0.1) is 15.3 Å². The Kier molecular flexibility index (Phi) is 31.9. The lowest BCUT2D eigenvalue weighted by atomic mass is 9.89. The molecule has 48 heteroatoms. The smallest absolute Gasteiger partial charge is 0.410 e. The number of pyridine rings is 6. The van der Waals surface area contributed by atoms with Crippen molar-refractivity contribution in [3.8, 4) is 35.1 Å². The van der Waals surface area contributed by atoms with Crippen LogP contribution >= 0.6 is 11.6 Å². The highest BCUT2D eigenvalue weighted by Crippen LogP contribution is 2.62. The molecule has 6 atom stereocenters. The van der Waals surface area contributed by atoms with Gasteiger partial charge in [-0.1, -0.05) is 71.3 Å². The third kappa shape index (κ3) is 26.3. The Balaban J connectivity index is 0.000000168. The van der Waals surface area contributed by atoms with Gasteiger partial charge in [-0.2, -0.15) is 64.8 Å². The first kappa shape index (κ1) is 111. The van der Waals surface area contributed by atoms with Gasteiger partial charge in [-0.3, -0.25) is 14.4 Å². The molecule has 6 N–H and O–H groups in total. The van der Waals surface area contributed by atoms with Gasteiger partial charge in [0.15, 0.2) is 32.5 Å². The summed E-state index contributed by atoms with van der Waals surface area (Å²) >= 11 is 6.30. The Morgan fingerprint density at radius 1 is 0.510 bits per heavy atom. The number of nitrogens with zero attached hydrogens (tertiary/aromatic N) is 15. The number of sulfonamides is 3. The van der Waals surface area contributed by atoms with Crippen LogP contribution in [-0.4, -0.2) is 212 Å². The van der Waals surface area contributed by atoms with E-state index in [1.54, 1.807) is 59.8 Å². The van der Waals surface area contributed by atoms with Crippen LogP contribution in [0.1, 0.15) is 251 Å². The van der Waals surface area contributed by atoms with E-state index in [0.717, 1.165) is 57.8 Å². The van der Waals surface area contributed by atoms with Crippen molar-refractivity contribution in [2.75, 3.05) is 65.2 Å². The number of anilines is 5. The summed E-state index contributed by atoms with van der Waals surface area (Å²) in [6.45, 7) is 31.8. The van der Waals surface area contributed by atoms with E-state index in [2.05, 4.69) is 130 Å². The van der Waals surface area contributed by atoms with Gasteiger partial charge in [-0.25, -0.2) is 62.9 Å². The van der Waals surface area contributed by atoms with Crippen LogP contribution in [0.25, 0.3) is 17.5 Å². The molecule has 4 amide bonds. The molecular formula is C101H129ClF9N21O14S3. The summed E-state index contributed by atoms with van der Waals surface area (Å²) in [7, 11) is -13.1. The third-order valence-corrected chi connectivity index (χ3v) is 33.3. The molecule has 8 aliphatic rings. The molecule has 3 saturated heterocycles. The largest absolute Gasteiger partial charge is 0.477 e. The first-order valence-electron chi connectivity index (χ1n) is 50.1. The highest BCUT2D eigenvalue weighted by molar-refractivity contribution is 7.90. The molecule has 17 rings (SSSR count). The molecule has 810 valence electrons. The number of aromatic nitrogens is 12. The molecule has 5 aliphatic heterocycles. The summed E-state index contributed by atoms with van der Waals surface area (Å²) in [5.74, 6) is 1.70. The average Bonchev–Trinajstić information content (AvgIpc) is 1.62. The summed E-state index contributed by atoms with van der Waals surface area (Å²) in [6, 6.07) is 27.0. The van der Waals surface area contributed by atoms with Crippen LogP contribution in [0.3, 0.4) is 0 Å². The summed E-state index contributed by atoms with van der Waals surface area (Å²) in [5, 5.41) is 21.8. The van der Waals surface area contributed by atoms with Crippen molar-refractivity contribution in [3.05, 3.63) is 150 Å². The average molecular weight is 2160 g/mol. The van der Waals surface area contributed by atoms with Gasteiger partial charge < -0.3 is 49.6 Å². The predicted octanol–water partition coefficient (Wildman–Crippen LogP) is 19.3. The number of ether oxygens (including phenoxy) is 4.